The van der Waals surface area contributed by atoms with Crippen LogP contribution in [0.5, 0.6) is 0 Å². The molecule has 1 aromatic carbocycles. The van der Waals surface area contributed by atoms with Crippen molar-refractivity contribution in [2.45, 2.75) is 30.6 Å². The van der Waals surface area contributed by atoms with Crippen molar-refractivity contribution in [2.24, 2.45) is 7.05 Å². The standard InChI is InChI=1S/C19H27N5O2S/c1-22(2)16-8-6-15(7-9-16)11-24(12-17-5-4-10-26-17)18(25)13-27-19-21-20-14-23(19)3/h6-9,14,17H,4-5,10-13H2,1-3H3/t17-/m0/s1. The number of carbonyl (C=O) groups is 1. The van der Waals surface area contributed by atoms with Crippen LogP contribution in [0.1, 0.15) is 18.4 Å². The van der Waals surface area contributed by atoms with Gasteiger partial charge < -0.3 is 19.1 Å². The second-order valence-electron chi connectivity index (χ2n) is 6.98. The van der Waals surface area contributed by atoms with Crippen LogP contribution in [-0.2, 0) is 23.1 Å². The van der Waals surface area contributed by atoms with E-state index in [0.29, 0.717) is 18.8 Å². The number of thioether (sulfide) groups is 1. The van der Waals surface area contributed by atoms with Gasteiger partial charge in [0.05, 0.1) is 11.9 Å². The highest BCUT2D eigenvalue weighted by Crippen LogP contribution is 2.20. The van der Waals surface area contributed by atoms with Crippen LogP contribution in [0.25, 0.3) is 0 Å². The fourth-order valence-electron chi connectivity index (χ4n) is 3.03. The third-order valence-electron chi connectivity index (χ3n) is 4.62. The number of aromatic nitrogens is 3. The van der Waals surface area contributed by atoms with Gasteiger partial charge in [-0.1, -0.05) is 23.9 Å². The Hall–Kier alpha value is -2.06. The monoisotopic (exact) mass is 389 g/mol. The molecule has 1 aromatic heterocycles. The molecule has 146 valence electrons. The topological polar surface area (TPSA) is 63.5 Å². The molecule has 3 rings (SSSR count). The summed E-state index contributed by atoms with van der Waals surface area (Å²) in [4.78, 5) is 16.9. The van der Waals surface area contributed by atoms with Gasteiger partial charge in [-0.05, 0) is 30.5 Å². The Morgan fingerprint density at radius 3 is 2.70 bits per heavy atom. The Kier molecular flexibility index (Phi) is 6.73. The Balaban J connectivity index is 1.65. The molecule has 0 radical (unpaired) electrons. The van der Waals surface area contributed by atoms with Gasteiger partial charge in [0.2, 0.25) is 5.91 Å². The van der Waals surface area contributed by atoms with E-state index in [4.69, 9.17) is 4.74 Å². The quantitative estimate of drug-likeness (QED) is 0.645. The van der Waals surface area contributed by atoms with Crippen molar-refractivity contribution < 1.29 is 9.53 Å². The average Bonchev–Trinajstić information content (AvgIpc) is 3.31. The van der Waals surface area contributed by atoms with Gasteiger partial charge in [-0.15, -0.1) is 10.2 Å². The molecule has 1 aliphatic heterocycles. The Morgan fingerprint density at radius 1 is 1.33 bits per heavy atom. The summed E-state index contributed by atoms with van der Waals surface area (Å²) in [5, 5.41) is 8.64. The minimum atomic E-state index is 0.0928. The number of aryl methyl sites for hydroxylation is 1. The number of anilines is 1. The summed E-state index contributed by atoms with van der Waals surface area (Å²) in [5.41, 5.74) is 2.27. The van der Waals surface area contributed by atoms with E-state index in [2.05, 4.69) is 39.4 Å². The molecule has 27 heavy (non-hydrogen) atoms. The number of amides is 1. The molecule has 0 bridgehead atoms. The highest BCUT2D eigenvalue weighted by molar-refractivity contribution is 7.99. The van der Waals surface area contributed by atoms with Crippen molar-refractivity contribution in [2.75, 3.05) is 37.9 Å². The first kappa shape index (κ1) is 19.7. The highest BCUT2D eigenvalue weighted by Gasteiger charge is 2.23. The number of rotatable bonds is 8. The highest BCUT2D eigenvalue weighted by atomic mass is 32.2. The van der Waals surface area contributed by atoms with E-state index in [-0.39, 0.29) is 12.0 Å². The molecule has 1 amide bonds. The van der Waals surface area contributed by atoms with E-state index < -0.39 is 0 Å². The molecule has 1 aliphatic rings. The van der Waals surface area contributed by atoms with Crippen molar-refractivity contribution in [3.63, 3.8) is 0 Å². The third-order valence-corrected chi connectivity index (χ3v) is 5.64. The lowest BCUT2D eigenvalue weighted by atomic mass is 10.1. The van der Waals surface area contributed by atoms with E-state index in [1.54, 1.807) is 6.33 Å². The van der Waals surface area contributed by atoms with Gasteiger partial charge in [-0.2, -0.15) is 0 Å². The van der Waals surface area contributed by atoms with Crippen LogP contribution in [0.4, 0.5) is 5.69 Å². The molecule has 1 atom stereocenters. The normalized spacial score (nSPS) is 16.5. The van der Waals surface area contributed by atoms with Gasteiger partial charge in [-0.25, -0.2) is 0 Å². The maximum Gasteiger partial charge on any atom is 0.233 e. The number of hydrogen-bond acceptors (Lipinski definition) is 6. The van der Waals surface area contributed by atoms with E-state index >= 15 is 0 Å². The molecule has 0 aliphatic carbocycles. The zero-order valence-electron chi connectivity index (χ0n) is 16.2. The van der Waals surface area contributed by atoms with E-state index in [0.717, 1.165) is 35.9 Å². The second kappa shape index (κ2) is 9.23. The molecule has 1 fully saturated rings. The summed E-state index contributed by atoms with van der Waals surface area (Å²) in [6.07, 6.45) is 3.86. The van der Waals surface area contributed by atoms with Gasteiger partial charge >= 0.3 is 0 Å². The third kappa shape index (κ3) is 5.46. The second-order valence-corrected chi connectivity index (χ2v) is 7.93. The van der Waals surface area contributed by atoms with E-state index in [9.17, 15) is 4.79 Å². The molecule has 2 heterocycles. The number of hydrogen-bond donors (Lipinski definition) is 0. The van der Waals surface area contributed by atoms with Gasteiger partial charge in [-0.3, -0.25) is 4.79 Å². The number of benzene rings is 1. The molecule has 0 N–H and O–H groups in total. The van der Waals surface area contributed by atoms with Crippen molar-refractivity contribution in [3.8, 4) is 0 Å². The molecule has 8 heteroatoms. The number of ether oxygens (including phenoxy) is 1. The summed E-state index contributed by atoms with van der Waals surface area (Å²) in [7, 11) is 5.92. The van der Waals surface area contributed by atoms with Crippen LogP contribution in [0.2, 0.25) is 0 Å². The van der Waals surface area contributed by atoms with Gasteiger partial charge in [0.25, 0.3) is 0 Å². The predicted molar refractivity (Wildman–Crippen MR) is 107 cm³/mol. The Bertz CT molecular complexity index is 741. The van der Waals surface area contributed by atoms with E-state index in [1.807, 2.05) is 30.6 Å². The van der Waals surface area contributed by atoms with E-state index in [1.165, 1.54) is 11.8 Å². The molecular weight excluding hydrogens is 362 g/mol. The van der Waals surface area contributed by atoms with Crippen molar-refractivity contribution in [1.82, 2.24) is 19.7 Å². The van der Waals surface area contributed by atoms with Crippen molar-refractivity contribution in [3.05, 3.63) is 36.2 Å². The molecule has 0 spiro atoms. The minimum Gasteiger partial charge on any atom is -0.378 e. The summed E-state index contributed by atoms with van der Waals surface area (Å²) in [5.74, 6) is 0.435. The summed E-state index contributed by atoms with van der Waals surface area (Å²) in [6.45, 7) is 2.01. The van der Waals surface area contributed by atoms with Crippen molar-refractivity contribution >= 4 is 23.4 Å². The molecule has 1 saturated heterocycles. The molecular formula is C19H27N5O2S. The fraction of sp³-hybridized carbons (Fsp3) is 0.526. The van der Waals surface area contributed by atoms with Crippen molar-refractivity contribution in [1.29, 1.82) is 0 Å². The first-order valence-corrected chi connectivity index (χ1v) is 10.1. The average molecular weight is 390 g/mol. The molecule has 2 aromatic rings. The zero-order valence-corrected chi connectivity index (χ0v) is 17.0. The summed E-state index contributed by atoms with van der Waals surface area (Å²) >= 11 is 1.42. The lowest BCUT2D eigenvalue weighted by molar-refractivity contribution is -0.130. The van der Waals surface area contributed by atoms with Gasteiger partial charge in [0.1, 0.15) is 6.33 Å². The summed E-state index contributed by atoms with van der Waals surface area (Å²) < 4.78 is 7.58. The largest absolute Gasteiger partial charge is 0.378 e. The molecule has 7 nitrogen and oxygen atoms in total. The maximum absolute atomic E-state index is 12.9. The van der Waals surface area contributed by atoms with Crippen LogP contribution >= 0.6 is 11.8 Å². The lowest BCUT2D eigenvalue weighted by Gasteiger charge is -2.26. The first-order chi connectivity index (χ1) is 13.0. The van der Waals surface area contributed by atoms with Crippen LogP contribution in [-0.4, -0.2) is 64.7 Å². The van der Waals surface area contributed by atoms with Gasteiger partial charge in [0, 0.05) is 46.5 Å². The van der Waals surface area contributed by atoms with Crippen LogP contribution in [0.3, 0.4) is 0 Å². The molecule has 0 saturated carbocycles. The number of nitrogens with zero attached hydrogens (tertiary/aromatic N) is 5. The minimum absolute atomic E-state index is 0.0928. The smallest absolute Gasteiger partial charge is 0.233 e. The van der Waals surface area contributed by atoms with Gasteiger partial charge in [0.15, 0.2) is 5.16 Å². The SMILES string of the molecule is CN(C)c1ccc(CN(C[C@@H]2CCCO2)C(=O)CSc2nncn2C)cc1. The van der Waals surface area contributed by atoms with Crippen LogP contribution in [0.15, 0.2) is 35.7 Å². The Morgan fingerprint density at radius 2 is 2.11 bits per heavy atom. The summed E-state index contributed by atoms with van der Waals surface area (Å²) in [6, 6.07) is 8.33. The number of carbonyl (C=O) groups excluding carboxylic acids is 1. The zero-order chi connectivity index (χ0) is 19.2. The Labute approximate surface area is 164 Å². The van der Waals surface area contributed by atoms with Crippen LogP contribution in [0, 0.1) is 0 Å². The molecule has 0 unspecified atom stereocenters. The predicted octanol–water partition coefficient (Wildman–Crippen LogP) is 2.18. The first-order valence-electron chi connectivity index (χ1n) is 9.15. The maximum atomic E-state index is 12.9. The van der Waals surface area contributed by atoms with Crippen LogP contribution < -0.4 is 4.90 Å². The fourth-order valence-corrected chi connectivity index (χ4v) is 3.82. The lowest BCUT2D eigenvalue weighted by Crippen LogP contribution is -2.38.